The van der Waals surface area contributed by atoms with Crippen molar-refractivity contribution < 1.29 is 4.39 Å². The average molecular weight is 283 g/mol. The van der Waals surface area contributed by atoms with Gasteiger partial charge in [0.05, 0.1) is 10.8 Å². The molecular weight excluding hydrogens is 271 g/mol. The van der Waals surface area contributed by atoms with Gasteiger partial charge in [-0.3, -0.25) is 0 Å². The van der Waals surface area contributed by atoms with Crippen molar-refractivity contribution in [3.05, 3.63) is 58.5 Å². The van der Waals surface area contributed by atoms with E-state index in [1.54, 1.807) is 6.07 Å². The van der Waals surface area contributed by atoms with Crippen LogP contribution < -0.4 is 5.73 Å². The second-order valence-electron chi connectivity index (χ2n) is 3.62. The van der Waals surface area contributed by atoms with Crippen LogP contribution in [0.1, 0.15) is 5.56 Å². The van der Waals surface area contributed by atoms with Gasteiger partial charge in [0, 0.05) is 6.54 Å². The van der Waals surface area contributed by atoms with E-state index in [-0.39, 0.29) is 12.0 Å². The Balaban J connectivity index is 2.15. The van der Waals surface area contributed by atoms with Gasteiger partial charge >= 0.3 is 0 Å². The summed E-state index contributed by atoms with van der Waals surface area (Å²) in [6, 6.07) is 6.54. The maximum atomic E-state index is 13.0. The van der Waals surface area contributed by atoms with E-state index in [0.29, 0.717) is 6.54 Å². The molecule has 4 heteroatoms. The molecule has 0 aromatic heterocycles. The van der Waals surface area contributed by atoms with Crippen LogP contribution >= 0.6 is 15.9 Å². The zero-order valence-electron chi connectivity index (χ0n) is 8.61. The normalized spacial score (nSPS) is 19.8. The standard InChI is InChI=1S/C12H12BrFN2/c13-11-5-2-6-12(15)16(11)8-9-3-1-4-10(14)7-9/h1-7,12H,8,15H2. The van der Waals surface area contributed by atoms with Crippen molar-refractivity contribution in [2.24, 2.45) is 5.73 Å². The Morgan fingerprint density at radius 1 is 1.44 bits per heavy atom. The van der Waals surface area contributed by atoms with Crippen LogP contribution in [-0.4, -0.2) is 11.1 Å². The van der Waals surface area contributed by atoms with Gasteiger partial charge in [-0.25, -0.2) is 4.39 Å². The van der Waals surface area contributed by atoms with Gasteiger partial charge in [-0.15, -0.1) is 0 Å². The lowest BCUT2D eigenvalue weighted by molar-refractivity contribution is 0.307. The van der Waals surface area contributed by atoms with Gasteiger partial charge in [-0.1, -0.05) is 18.2 Å². The lowest BCUT2D eigenvalue weighted by atomic mass is 10.2. The van der Waals surface area contributed by atoms with Crippen LogP contribution in [0.5, 0.6) is 0 Å². The first-order chi connectivity index (χ1) is 7.66. The topological polar surface area (TPSA) is 29.3 Å². The van der Waals surface area contributed by atoms with Crippen LogP contribution in [0.25, 0.3) is 0 Å². The molecule has 2 nitrogen and oxygen atoms in total. The third-order valence-corrected chi connectivity index (χ3v) is 3.14. The van der Waals surface area contributed by atoms with E-state index in [1.165, 1.54) is 12.1 Å². The molecule has 1 heterocycles. The smallest absolute Gasteiger partial charge is 0.123 e. The number of nitrogens with two attached hydrogens (primary N) is 1. The molecule has 2 N–H and O–H groups in total. The first kappa shape index (κ1) is 11.4. The van der Waals surface area contributed by atoms with Crippen molar-refractivity contribution in [2.45, 2.75) is 12.7 Å². The minimum atomic E-state index is -0.223. The molecule has 0 saturated heterocycles. The molecule has 0 radical (unpaired) electrons. The molecule has 0 spiro atoms. The van der Waals surface area contributed by atoms with Gasteiger partial charge in [-0.05, 0) is 45.8 Å². The van der Waals surface area contributed by atoms with Crippen LogP contribution in [0.2, 0.25) is 0 Å². The number of hydrogen-bond donors (Lipinski definition) is 1. The molecule has 0 bridgehead atoms. The SMILES string of the molecule is NC1C=CC=C(Br)N1Cc1cccc(F)c1. The van der Waals surface area contributed by atoms with Crippen molar-refractivity contribution in [3.8, 4) is 0 Å². The Bertz CT molecular complexity index is 442. The molecule has 84 valence electrons. The third kappa shape index (κ3) is 2.51. The lowest BCUT2D eigenvalue weighted by Gasteiger charge is -2.30. The number of rotatable bonds is 2. The number of allylic oxidation sites excluding steroid dienone is 2. The van der Waals surface area contributed by atoms with Crippen LogP contribution in [0.15, 0.2) is 47.1 Å². The zero-order valence-corrected chi connectivity index (χ0v) is 10.2. The molecule has 0 saturated carbocycles. The molecule has 1 aromatic carbocycles. The summed E-state index contributed by atoms with van der Waals surface area (Å²) in [5.74, 6) is -0.223. The molecular formula is C12H12BrFN2. The highest BCUT2D eigenvalue weighted by Gasteiger charge is 2.16. The Morgan fingerprint density at radius 3 is 2.94 bits per heavy atom. The molecule has 0 amide bonds. The van der Waals surface area contributed by atoms with E-state index in [9.17, 15) is 4.39 Å². The maximum Gasteiger partial charge on any atom is 0.123 e. The molecule has 1 unspecified atom stereocenters. The molecule has 2 rings (SSSR count). The largest absolute Gasteiger partial charge is 0.343 e. The van der Waals surface area contributed by atoms with Crippen molar-refractivity contribution in [2.75, 3.05) is 0 Å². The highest BCUT2D eigenvalue weighted by atomic mass is 79.9. The van der Waals surface area contributed by atoms with Gasteiger partial charge < -0.3 is 10.6 Å². The van der Waals surface area contributed by atoms with E-state index < -0.39 is 0 Å². The summed E-state index contributed by atoms with van der Waals surface area (Å²) in [6.45, 7) is 0.584. The van der Waals surface area contributed by atoms with Gasteiger partial charge in [0.15, 0.2) is 0 Å². The molecule has 1 aliphatic heterocycles. The Hall–Kier alpha value is -1.13. The lowest BCUT2D eigenvalue weighted by Crippen LogP contribution is -2.39. The van der Waals surface area contributed by atoms with E-state index in [1.807, 2.05) is 29.2 Å². The summed E-state index contributed by atoms with van der Waals surface area (Å²) in [4.78, 5) is 1.95. The van der Waals surface area contributed by atoms with Crippen molar-refractivity contribution in [3.63, 3.8) is 0 Å². The van der Waals surface area contributed by atoms with E-state index in [0.717, 1.165) is 10.2 Å². The summed E-state index contributed by atoms with van der Waals surface area (Å²) in [5.41, 5.74) is 6.83. The Labute approximate surface area is 102 Å². The summed E-state index contributed by atoms with van der Waals surface area (Å²) in [5, 5.41) is 0. The molecule has 1 aliphatic rings. The molecule has 0 aliphatic carbocycles. The number of hydrogen-bond acceptors (Lipinski definition) is 2. The highest BCUT2D eigenvalue weighted by molar-refractivity contribution is 9.11. The average Bonchev–Trinajstić information content (AvgIpc) is 2.24. The molecule has 1 aromatic rings. The summed E-state index contributed by atoms with van der Waals surface area (Å²) in [6.07, 6.45) is 5.53. The van der Waals surface area contributed by atoms with Gasteiger partial charge in [0.25, 0.3) is 0 Å². The number of nitrogens with zero attached hydrogens (tertiary/aromatic N) is 1. The molecule has 0 fully saturated rings. The quantitative estimate of drug-likeness (QED) is 0.846. The van der Waals surface area contributed by atoms with Crippen molar-refractivity contribution in [1.82, 2.24) is 4.90 Å². The van der Waals surface area contributed by atoms with E-state index >= 15 is 0 Å². The Kier molecular flexibility index (Phi) is 3.41. The van der Waals surface area contributed by atoms with Gasteiger partial charge in [0.2, 0.25) is 0 Å². The Morgan fingerprint density at radius 2 is 2.25 bits per heavy atom. The minimum absolute atomic E-state index is 0.178. The van der Waals surface area contributed by atoms with Gasteiger partial charge in [0.1, 0.15) is 5.82 Å². The highest BCUT2D eigenvalue weighted by Crippen LogP contribution is 2.21. The summed E-state index contributed by atoms with van der Waals surface area (Å²) >= 11 is 3.43. The fraction of sp³-hybridized carbons (Fsp3) is 0.167. The van der Waals surface area contributed by atoms with Crippen LogP contribution in [0.4, 0.5) is 4.39 Å². The number of benzene rings is 1. The van der Waals surface area contributed by atoms with Gasteiger partial charge in [-0.2, -0.15) is 0 Å². The molecule has 1 atom stereocenters. The van der Waals surface area contributed by atoms with Crippen LogP contribution in [0.3, 0.4) is 0 Å². The number of halogens is 2. The predicted molar refractivity (Wildman–Crippen MR) is 66.1 cm³/mol. The van der Waals surface area contributed by atoms with E-state index in [4.69, 9.17) is 5.73 Å². The van der Waals surface area contributed by atoms with E-state index in [2.05, 4.69) is 15.9 Å². The fourth-order valence-corrected chi connectivity index (χ4v) is 2.12. The van der Waals surface area contributed by atoms with Crippen LogP contribution in [0, 0.1) is 5.82 Å². The summed E-state index contributed by atoms with van der Waals surface area (Å²) < 4.78 is 13.9. The monoisotopic (exact) mass is 282 g/mol. The third-order valence-electron chi connectivity index (χ3n) is 2.42. The second-order valence-corrected chi connectivity index (χ2v) is 4.44. The van der Waals surface area contributed by atoms with Crippen LogP contribution in [-0.2, 0) is 6.54 Å². The molecule has 16 heavy (non-hydrogen) atoms. The summed E-state index contributed by atoms with van der Waals surface area (Å²) in [7, 11) is 0. The van der Waals surface area contributed by atoms with Crippen molar-refractivity contribution in [1.29, 1.82) is 0 Å². The minimum Gasteiger partial charge on any atom is -0.343 e. The van der Waals surface area contributed by atoms with Crippen molar-refractivity contribution >= 4 is 15.9 Å². The first-order valence-corrected chi connectivity index (χ1v) is 5.77. The fourth-order valence-electron chi connectivity index (χ4n) is 1.60. The predicted octanol–water partition coefficient (Wildman–Crippen LogP) is 2.72. The first-order valence-electron chi connectivity index (χ1n) is 4.97. The zero-order chi connectivity index (χ0) is 11.5. The second kappa shape index (κ2) is 4.80. The maximum absolute atomic E-state index is 13.0.